The van der Waals surface area contributed by atoms with Gasteiger partial charge in [0.1, 0.15) is 11.2 Å². The molecule has 3 rings (SSSR count). The van der Waals surface area contributed by atoms with E-state index >= 15 is 0 Å². The summed E-state index contributed by atoms with van der Waals surface area (Å²) >= 11 is 3.56. The summed E-state index contributed by atoms with van der Waals surface area (Å²) in [5.74, 6) is 0.799. The Morgan fingerprint density at radius 3 is 3.00 bits per heavy atom. The summed E-state index contributed by atoms with van der Waals surface area (Å²) in [5, 5.41) is 5.93. The Balaban J connectivity index is 1.75. The van der Waals surface area contributed by atoms with Crippen molar-refractivity contribution in [1.82, 2.24) is 9.46 Å². The van der Waals surface area contributed by atoms with Gasteiger partial charge in [-0.3, -0.25) is 0 Å². The highest BCUT2D eigenvalue weighted by molar-refractivity contribution is 7.99. The monoisotopic (exact) mass is 330 g/mol. The smallest absolute Gasteiger partial charge is 0.247 e. The first-order chi connectivity index (χ1) is 9.68. The van der Waals surface area contributed by atoms with Crippen molar-refractivity contribution in [1.29, 1.82) is 0 Å². The van der Waals surface area contributed by atoms with Crippen LogP contribution in [0.5, 0.6) is 0 Å². The second-order valence-electron chi connectivity index (χ2n) is 4.43. The van der Waals surface area contributed by atoms with Gasteiger partial charge in [-0.15, -0.1) is 11.3 Å². The molecule has 0 amide bonds. The SMILES string of the molecule is O=S(=O)(c1cnoc1)N1CCSC(c2cccs2)CC1. The van der Waals surface area contributed by atoms with E-state index in [9.17, 15) is 8.42 Å². The van der Waals surface area contributed by atoms with Crippen LogP contribution < -0.4 is 0 Å². The molecule has 2 aromatic heterocycles. The molecule has 20 heavy (non-hydrogen) atoms. The van der Waals surface area contributed by atoms with Crippen LogP contribution >= 0.6 is 23.1 Å². The fourth-order valence-electron chi connectivity index (χ4n) is 2.16. The lowest BCUT2D eigenvalue weighted by atomic mass is 10.2. The molecule has 0 N–H and O–H groups in total. The van der Waals surface area contributed by atoms with Gasteiger partial charge in [0.25, 0.3) is 0 Å². The molecule has 0 saturated carbocycles. The minimum Gasteiger partial charge on any atom is -0.363 e. The van der Waals surface area contributed by atoms with E-state index < -0.39 is 10.0 Å². The lowest BCUT2D eigenvalue weighted by Crippen LogP contribution is -2.32. The standard InChI is InChI=1S/C12H14N2O3S3/c15-20(16,10-8-13-17-9-10)14-4-3-12(19-7-5-14)11-2-1-6-18-11/h1-2,6,8-9,12H,3-5,7H2. The lowest BCUT2D eigenvalue weighted by molar-refractivity contribution is 0.413. The van der Waals surface area contributed by atoms with E-state index in [0.717, 1.165) is 12.2 Å². The molecule has 0 aliphatic carbocycles. The highest BCUT2D eigenvalue weighted by Gasteiger charge is 2.29. The highest BCUT2D eigenvalue weighted by atomic mass is 32.2. The van der Waals surface area contributed by atoms with Crippen molar-refractivity contribution in [3.8, 4) is 0 Å². The van der Waals surface area contributed by atoms with E-state index in [0.29, 0.717) is 18.3 Å². The molecule has 1 aliphatic heterocycles. The Morgan fingerprint density at radius 1 is 1.40 bits per heavy atom. The second kappa shape index (κ2) is 5.88. The third kappa shape index (κ3) is 2.78. The minimum absolute atomic E-state index is 0.136. The van der Waals surface area contributed by atoms with Crippen LogP contribution in [0, 0.1) is 0 Å². The van der Waals surface area contributed by atoms with E-state index in [2.05, 4.69) is 21.1 Å². The van der Waals surface area contributed by atoms with E-state index in [1.165, 1.54) is 21.6 Å². The minimum atomic E-state index is -3.47. The van der Waals surface area contributed by atoms with Crippen molar-refractivity contribution < 1.29 is 12.9 Å². The summed E-state index contributed by atoms with van der Waals surface area (Å²) in [5.41, 5.74) is 0. The molecular weight excluding hydrogens is 316 g/mol. The fraction of sp³-hybridized carbons (Fsp3) is 0.417. The number of aromatic nitrogens is 1. The first kappa shape index (κ1) is 14.1. The normalized spacial score (nSPS) is 21.7. The van der Waals surface area contributed by atoms with E-state index in [1.54, 1.807) is 11.3 Å². The summed E-state index contributed by atoms with van der Waals surface area (Å²) < 4.78 is 31.0. The van der Waals surface area contributed by atoms with E-state index in [1.807, 2.05) is 17.8 Å². The maximum absolute atomic E-state index is 12.4. The Morgan fingerprint density at radius 2 is 2.30 bits per heavy atom. The van der Waals surface area contributed by atoms with Crippen molar-refractivity contribution in [2.24, 2.45) is 0 Å². The Kier molecular flexibility index (Phi) is 4.16. The van der Waals surface area contributed by atoms with Crippen molar-refractivity contribution >= 4 is 33.1 Å². The Labute approximate surface area is 126 Å². The van der Waals surface area contributed by atoms with Gasteiger partial charge in [0.2, 0.25) is 10.0 Å². The number of sulfonamides is 1. The first-order valence-corrected chi connectivity index (χ1v) is 9.59. The van der Waals surface area contributed by atoms with Crippen molar-refractivity contribution in [3.05, 3.63) is 34.8 Å². The lowest BCUT2D eigenvalue weighted by Gasteiger charge is -2.18. The average Bonchev–Trinajstić information content (AvgIpc) is 3.08. The third-order valence-corrected chi connectivity index (χ3v) is 7.50. The van der Waals surface area contributed by atoms with Crippen LogP contribution in [0.1, 0.15) is 16.5 Å². The van der Waals surface area contributed by atoms with E-state index in [4.69, 9.17) is 0 Å². The average molecular weight is 330 g/mol. The van der Waals surface area contributed by atoms with Gasteiger partial charge in [0.05, 0.1) is 6.20 Å². The molecule has 1 unspecified atom stereocenters. The molecule has 0 radical (unpaired) electrons. The van der Waals surface area contributed by atoms with Gasteiger partial charge in [0.15, 0.2) is 0 Å². The van der Waals surface area contributed by atoms with Crippen molar-refractivity contribution in [2.75, 3.05) is 18.8 Å². The summed E-state index contributed by atoms with van der Waals surface area (Å²) in [7, 11) is -3.47. The maximum atomic E-state index is 12.4. The third-order valence-electron chi connectivity index (χ3n) is 3.21. The number of hydrogen-bond acceptors (Lipinski definition) is 6. The van der Waals surface area contributed by atoms with Gasteiger partial charge in [-0.1, -0.05) is 11.2 Å². The molecule has 108 valence electrons. The molecule has 5 nitrogen and oxygen atoms in total. The Hall–Kier alpha value is -0.830. The molecular formula is C12H14N2O3S3. The molecule has 1 aliphatic rings. The van der Waals surface area contributed by atoms with Crippen LogP contribution in [0.3, 0.4) is 0 Å². The number of rotatable bonds is 3. The largest absolute Gasteiger partial charge is 0.363 e. The quantitative estimate of drug-likeness (QED) is 0.865. The molecule has 8 heteroatoms. The summed E-state index contributed by atoms with van der Waals surface area (Å²) in [6.07, 6.45) is 3.27. The molecule has 2 aromatic rings. The number of thiophene rings is 1. The first-order valence-electron chi connectivity index (χ1n) is 6.22. The topological polar surface area (TPSA) is 63.4 Å². The zero-order valence-electron chi connectivity index (χ0n) is 10.6. The van der Waals surface area contributed by atoms with Crippen LogP contribution in [0.15, 0.2) is 39.4 Å². The van der Waals surface area contributed by atoms with Crippen molar-refractivity contribution in [3.63, 3.8) is 0 Å². The molecule has 1 saturated heterocycles. The Bertz CT molecular complexity index is 638. The maximum Gasteiger partial charge on any atom is 0.247 e. The summed E-state index contributed by atoms with van der Waals surface area (Å²) in [6.45, 7) is 1.06. The molecule has 1 fully saturated rings. The molecule has 0 aromatic carbocycles. The van der Waals surface area contributed by atoms with Gasteiger partial charge in [-0.05, 0) is 17.9 Å². The number of hydrogen-bond donors (Lipinski definition) is 0. The predicted molar refractivity (Wildman–Crippen MR) is 79.4 cm³/mol. The number of nitrogens with zero attached hydrogens (tertiary/aromatic N) is 2. The van der Waals surface area contributed by atoms with E-state index in [-0.39, 0.29) is 4.90 Å². The summed E-state index contributed by atoms with van der Waals surface area (Å²) in [4.78, 5) is 1.45. The second-order valence-corrected chi connectivity index (χ2v) is 8.66. The molecule has 3 heterocycles. The number of thioether (sulfide) groups is 1. The highest BCUT2D eigenvalue weighted by Crippen LogP contribution is 2.37. The van der Waals surface area contributed by atoms with Crippen LogP contribution in [0.4, 0.5) is 0 Å². The van der Waals surface area contributed by atoms with Gasteiger partial charge < -0.3 is 4.52 Å². The van der Waals surface area contributed by atoms with Crippen LogP contribution in [0.25, 0.3) is 0 Å². The van der Waals surface area contributed by atoms with Gasteiger partial charge in [-0.25, -0.2) is 8.42 Å². The van der Waals surface area contributed by atoms with Crippen LogP contribution in [-0.2, 0) is 10.0 Å². The molecule has 1 atom stereocenters. The van der Waals surface area contributed by atoms with Crippen LogP contribution in [-0.4, -0.2) is 36.7 Å². The fourth-order valence-corrected chi connectivity index (χ4v) is 5.83. The van der Waals surface area contributed by atoms with Gasteiger partial charge in [-0.2, -0.15) is 16.1 Å². The van der Waals surface area contributed by atoms with Crippen LogP contribution in [0.2, 0.25) is 0 Å². The van der Waals surface area contributed by atoms with Gasteiger partial charge in [0, 0.05) is 29.0 Å². The van der Waals surface area contributed by atoms with Crippen molar-refractivity contribution in [2.45, 2.75) is 16.6 Å². The zero-order valence-corrected chi connectivity index (χ0v) is 13.1. The molecule has 0 spiro atoms. The predicted octanol–water partition coefficient (Wildman–Crippen LogP) is 2.61. The zero-order chi connectivity index (χ0) is 14.0. The molecule has 0 bridgehead atoms. The summed E-state index contributed by atoms with van der Waals surface area (Å²) in [6, 6.07) is 4.16. The van der Waals surface area contributed by atoms with Gasteiger partial charge >= 0.3 is 0 Å².